The van der Waals surface area contributed by atoms with Crippen LogP contribution < -0.4 is 14.9 Å². The summed E-state index contributed by atoms with van der Waals surface area (Å²) in [5.74, 6) is 0.149. The minimum Gasteiger partial charge on any atom is -0.493 e. The minimum atomic E-state index is -0.656. The molecule has 0 atom stereocenters. The predicted octanol–water partition coefficient (Wildman–Crippen LogP) is 4.93. The van der Waals surface area contributed by atoms with Gasteiger partial charge in [0, 0.05) is 0 Å². The van der Waals surface area contributed by atoms with Crippen LogP contribution in [0.3, 0.4) is 0 Å². The first-order valence-electron chi connectivity index (χ1n) is 9.67. The molecule has 0 heterocycles. The lowest BCUT2D eigenvalue weighted by Crippen LogP contribution is -2.29. The molecule has 0 aliphatic carbocycles. The molecule has 0 aliphatic heterocycles. The van der Waals surface area contributed by atoms with Crippen molar-refractivity contribution in [1.29, 1.82) is 0 Å². The van der Waals surface area contributed by atoms with Gasteiger partial charge in [0.1, 0.15) is 5.60 Å². The molecule has 0 saturated heterocycles. The van der Waals surface area contributed by atoms with Gasteiger partial charge in [-0.25, -0.2) is 15.0 Å². The van der Waals surface area contributed by atoms with E-state index in [1.807, 2.05) is 36.4 Å². The highest BCUT2D eigenvalue weighted by Gasteiger charge is 2.16. The summed E-state index contributed by atoms with van der Waals surface area (Å²) in [6.07, 6.45) is 0.777. The number of hydrogen-bond donors (Lipinski definition) is 1. The monoisotopic (exact) mass is 420 g/mol. The Labute approximate surface area is 180 Å². The zero-order valence-corrected chi connectivity index (χ0v) is 17.8. The number of amides is 1. The van der Waals surface area contributed by atoms with Crippen LogP contribution in [0.1, 0.15) is 36.7 Å². The molecule has 0 bridgehead atoms. The topological polar surface area (TPSA) is 86.2 Å². The van der Waals surface area contributed by atoms with Crippen LogP contribution in [-0.4, -0.2) is 31.0 Å². The van der Waals surface area contributed by atoms with Crippen molar-refractivity contribution in [2.75, 3.05) is 7.11 Å². The summed E-state index contributed by atoms with van der Waals surface area (Å²) in [6, 6.07) is 18.0. The number of hydrogen-bond acceptors (Lipinski definition) is 6. The van der Waals surface area contributed by atoms with E-state index in [1.165, 1.54) is 13.3 Å². The van der Waals surface area contributed by atoms with Crippen LogP contribution in [-0.2, 0) is 4.74 Å². The summed E-state index contributed by atoms with van der Waals surface area (Å²) in [4.78, 5) is 24.4. The van der Waals surface area contributed by atoms with E-state index in [0.717, 1.165) is 10.8 Å². The largest absolute Gasteiger partial charge is 0.493 e. The Hall–Kier alpha value is -3.87. The van der Waals surface area contributed by atoms with E-state index in [-0.39, 0.29) is 5.75 Å². The average Bonchev–Trinajstić information content (AvgIpc) is 2.73. The summed E-state index contributed by atoms with van der Waals surface area (Å²) < 4.78 is 16.0. The normalized spacial score (nSPS) is 11.4. The highest BCUT2D eigenvalue weighted by Crippen LogP contribution is 2.29. The highest BCUT2D eigenvalue weighted by atomic mass is 16.6. The first-order chi connectivity index (χ1) is 14.8. The van der Waals surface area contributed by atoms with Crippen LogP contribution in [0.5, 0.6) is 11.5 Å². The first-order valence-corrected chi connectivity index (χ1v) is 9.67. The Kier molecular flexibility index (Phi) is 6.55. The standard InChI is InChI=1S/C24H24N2O5/c1-24(2,3)31-23(28)26-25-15-16-12-13-20(21(14-16)29-4)30-22(27)19-11-7-9-17-8-5-6-10-18(17)19/h5-15H,1-4H3,(H,26,28)/b25-15+. The molecule has 0 unspecified atom stereocenters. The van der Waals surface area contributed by atoms with Crippen LogP contribution in [0.25, 0.3) is 10.8 Å². The van der Waals surface area contributed by atoms with Crippen molar-refractivity contribution in [2.45, 2.75) is 26.4 Å². The number of rotatable bonds is 5. The third-order valence-corrected chi connectivity index (χ3v) is 4.17. The fourth-order valence-corrected chi connectivity index (χ4v) is 2.87. The maximum Gasteiger partial charge on any atom is 0.428 e. The van der Waals surface area contributed by atoms with Crippen LogP contribution in [0, 0.1) is 0 Å². The summed E-state index contributed by atoms with van der Waals surface area (Å²) in [5.41, 5.74) is 2.78. The van der Waals surface area contributed by atoms with Crippen molar-refractivity contribution >= 4 is 29.0 Å². The molecule has 0 aromatic heterocycles. The second kappa shape index (κ2) is 9.30. The fourth-order valence-electron chi connectivity index (χ4n) is 2.87. The Morgan fingerprint density at radius 3 is 2.45 bits per heavy atom. The fraction of sp³-hybridized carbons (Fsp3) is 0.208. The Bertz CT molecular complexity index is 1130. The maximum atomic E-state index is 12.8. The number of ether oxygens (including phenoxy) is 3. The van der Waals surface area contributed by atoms with Gasteiger partial charge in [-0.2, -0.15) is 5.10 Å². The number of nitrogens with zero attached hydrogens (tertiary/aromatic N) is 1. The minimum absolute atomic E-state index is 0.276. The van der Waals surface area contributed by atoms with Gasteiger partial charge in [0.25, 0.3) is 0 Å². The molecule has 0 spiro atoms. The highest BCUT2D eigenvalue weighted by molar-refractivity contribution is 6.05. The van der Waals surface area contributed by atoms with Crippen molar-refractivity contribution in [2.24, 2.45) is 5.10 Å². The van der Waals surface area contributed by atoms with Crippen LogP contribution in [0.4, 0.5) is 4.79 Å². The number of esters is 1. The number of fused-ring (bicyclic) bond motifs is 1. The number of carbonyl (C=O) groups is 2. The third kappa shape index (κ3) is 5.82. The maximum absolute atomic E-state index is 12.8. The molecule has 160 valence electrons. The molecule has 0 fully saturated rings. The molecule has 1 amide bonds. The van der Waals surface area contributed by atoms with Crippen molar-refractivity contribution in [3.63, 3.8) is 0 Å². The van der Waals surface area contributed by atoms with Gasteiger partial charge >= 0.3 is 12.1 Å². The van der Waals surface area contributed by atoms with E-state index >= 15 is 0 Å². The lowest BCUT2D eigenvalue weighted by molar-refractivity contribution is 0.0529. The molecular weight excluding hydrogens is 396 g/mol. The van der Waals surface area contributed by atoms with Gasteiger partial charge in [-0.15, -0.1) is 0 Å². The third-order valence-electron chi connectivity index (χ3n) is 4.17. The summed E-state index contributed by atoms with van der Waals surface area (Å²) in [7, 11) is 1.48. The number of carbonyl (C=O) groups excluding carboxylic acids is 2. The zero-order valence-electron chi connectivity index (χ0n) is 17.8. The average molecular weight is 420 g/mol. The lowest BCUT2D eigenvalue weighted by Gasteiger charge is -2.18. The Balaban J connectivity index is 1.73. The predicted molar refractivity (Wildman–Crippen MR) is 119 cm³/mol. The summed E-state index contributed by atoms with van der Waals surface area (Å²) >= 11 is 0. The smallest absolute Gasteiger partial charge is 0.428 e. The number of methoxy groups -OCH3 is 1. The van der Waals surface area contributed by atoms with Gasteiger partial charge in [0.05, 0.1) is 18.9 Å². The van der Waals surface area contributed by atoms with Gasteiger partial charge in [-0.1, -0.05) is 36.4 Å². The van der Waals surface area contributed by atoms with E-state index < -0.39 is 17.7 Å². The zero-order chi connectivity index (χ0) is 22.4. The van der Waals surface area contributed by atoms with E-state index in [0.29, 0.717) is 16.9 Å². The Morgan fingerprint density at radius 2 is 1.71 bits per heavy atom. The first kappa shape index (κ1) is 21.8. The van der Waals surface area contributed by atoms with E-state index in [4.69, 9.17) is 14.2 Å². The number of nitrogens with one attached hydrogen (secondary N) is 1. The molecule has 7 nitrogen and oxygen atoms in total. The lowest BCUT2D eigenvalue weighted by atomic mass is 10.0. The molecular formula is C24H24N2O5. The van der Waals surface area contributed by atoms with Gasteiger partial charge in [0.15, 0.2) is 11.5 Å². The summed E-state index contributed by atoms with van der Waals surface area (Å²) in [5, 5.41) is 5.62. The van der Waals surface area contributed by atoms with Gasteiger partial charge in [-0.3, -0.25) is 0 Å². The van der Waals surface area contributed by atoms with Crippen LogP contribution in [0.15, 0.2) is 65.8 Å². The van der Waals surface area contributed by atoms with Gasteiger partial charge in [-0.05, 0) is 61.4 Å². The second-order valence-electron chi connectivity index (χ2n) is 7.70. The number of hydrazone groups is 1. The van der Waals surface area contributed by atoms with Gasteiger partial charge in [0.2, 0.25) is 0 Å². The summed E-state index contributed by atoms with van der Waals surface area (Å²) in [6.45, 7) is 5.29. The van der Waals surface area contributed by atoms with Crippen molar-refractivity contribution in [1.82, 2.24) is 5.43 Å². The van der Waals surface area contributed by atoms with E-state index in [2.05, 4.69) is 10.5 Å². The Morgan fingerprint density at radius 1 is 0.968 bits per heavy atom. The molecule has 31 heavy (non-hydrogen) atoms. The van der Waals surface area contributed by atoms with Crippen LogP contribution in [0.2, 0.25) is 0 Å². The molecule has 0 aliphatic rings. The van der Waals surface area contributed by atoms with Gasteiger partial charge < -0.3 is 14.2 Å². The molecule has 0 radical (unpaired) electrons. The SMILES string of the molecule is COc1cc(/C=N/NC(=O)OC(C)(C)C)ccc1OC(=O)c1cccc2ccccc12. The molecule has 7 heteroatoms. The van der Waals surface area contributed by atoms with Crippen molar-refractivity contribution in [3.05, 3.63) is 71.8 Å². The van der Waals surface area contributed by atoms with E-state index in [1.54, 1.807) is 45.0 Å². The van der Waals surface area contributed by atoms with Crippen molar-refractivity contribution in [3.8, 4) is 11.5 Å². The molecule has 3 aromatic rings. The molecule has 1 N–H and O–H groups in total. The van der Waals surface area contributed by atoms with Crippen molar-refractivity contribution < 1.29 is 23.8 Å². The quantitative estimate of drug-likeness (QED) is 0.274. The second-order valence-corrected chi connectivity index (χ2v) is 7.70. The number of benzene rings is 3. The molecule has 3 rings (SSSR count). The molecule has 3 aromatic carbocycles. The van der Waals surface area contributed by atoms with E-state index in [9.17, 15) is 9.59 Å². The van der Waals surface area contributed by atoms with Crippen LogP contribution >= 0.6 is 0 Å². The molecule has 0 saturated carbocycles.